The van der Waals surface area contributed by atoms with Crippen molar-refractivity contribution in [3.05, 3.63) is 28.3 Å². The average molecular weight is 339 g/mol. The molecule has 0 bridgehead atoms. The number of carbonyl (C=O) groups is 2. The second-order valence-electron chi connectivity index (χ2n) is 6.04. The van der Waals surface area contributed by atoms with Gasteiger partial charge < -0.3 is 14.8 Å². The monoisotopic (exact) mass is 339 g/mol. The number of carbonyl (C=O) groups excluding carboxylic acids is 2. The number of hydrogen-bond acceptors (Lipinski definition) is 6. The van der Waals surface area contributed by atoms with Gasteiger partial charge in [-0.25, -0.2) is 4.79 Å². The van der Waals surface area contributed by atoms with E-state index < -0.39 is 28.5 Å². The summed E-state index contributed by atoms with van der Waals surface area (Å²) in [6.45, 7) is 6.67. The van der Waals surface area contributed by atoms with Crippen LogP contribution in [0.2, 0.25) is 0 Å². The molecule has 0 aliphatic rings. The normalized spacial score (nSPS) is 12.0. The first-order valence-electron chi connectivity index (χ1n) is 7.15. The first-order chi connectivity index (χ1) is 11.0. The van der Waals surface area contributed by atoms with E-state index in [1.807, 2.05) is 0 Å². The van der Waals surface area contributed by atoms with Crippen molar-refractivity contribution in [1.82, 2.24) is 10.6 Å². The highest BCUT2D eigenvalue weighted by Crippen LogP contribution is 2.31. The maximum absolute atomic E-state index is 12.0. The van der Waals surface area contributed by atoms with Gasteiger partial charge in [-0.2, -0.15) is 0 Å². The third-order valence-electron chi connectivity index (χ3n) is 2.76. The molecular formula is C15H21N3O6. The van der Waals surface area contributed by atoms with Crippen LogP contribution in [-0.4, -0.2) is 35.6 Å². The predicted molar refractivity (Wildman–Crippen MR) is 86.2 cm³/mol. The van der Waals surface area contributed by atoms with Crippen molar-refractivity contribution in [3.63, 3.8) is 0 Å². The fraction of sp³-hybridized carbons (Fsp3) is 0.467. The molecule has 0 saturated carbocycles. The largest absolute Gasteiger partial charge is 0.496 e. The van der Waals surface area contributed by atoms with Crippen molar-refractivity contribution in [3.8, 4) is 11.5 Å². The summed E-state index contributed by atoms with van der Waals surface area (Å²) in [5, 5.41) is 15.8. The van der Waals surface area contributed by atoms with E-state index in [0.29, 0.717) is 0 Å². The number of benzene rings is 1. The lowest BCUT2D eigenvalue weighted by atomic mass is 10.1. The molecule has 2 N–H and O–H groups in total. The summed E-state index contributed by atoms with van der Waals surface area (Å²) in [5.74, 6) is -0.530. The van der Waals surface area contributed by atoms with Gasteiger partial charge in [0, 0.05) is 5.54 Å². The molecule has 0 fully saturated rings. The van der Waals surface area contributed by atoms with Crippen molar-refractivity contribution in [2.45, 2.75) is 39.3 Å². The number of urea groups is 1. The second kappa shape index (κ2) is 7.62. The number of amides is 3. The Morgan fingerprint density at radius 2 is 1.92 bits per heavy atom. The van der Waals surface area contributed by atoms with E-state index in [0.717, 1.165) is 0 Å². The number of hydrogen-bond donors (Lipinski definition) is 2. The van der Waals surface area contributed by atoms with Gasteiger partial charge in [0.15, 0.2) is 11.9 Å². The lowest BCUT2D eigenvalue weighted by molar-refractivity contribution is -0.386. The van der Waals surface area contributed by atoms with Gasteiger partial charge in [0.1, 0.15) is 5.75 Å². The fourth-order valence-electron chi connectivity index (χ4n) is 1.70. The Bertz CT molecular complexity index is 639. The highest BCUT2D eigenvalue weighted by molar-refractivity contribution is 5.96. The lowest BCUT2D eigenvalue weighted by Gasteiger charge is -2.21. The maximum atomic E-state index is 12.0. The van der Waals surface area contributed by atoms with Gasteiger partial charge in [0.2, 0.25) is 0 Å². The summed E-state index contributed by atoms with van der Waals surface area (Å²) in [7, 11) is 1.38. The van der Waals surface area contributed by atoms with E-state index in [1.165, 1.54) is 32.2 Å². The van der Waals surface area contributed by atoms with Gasteiger partial charge in [-0.3, -0.25) is 20.2 Å². The van der Waals surface area contributed by atoms with E-state index in [9.17, 15) is 19.7 Å². The molecule has 1 aromatic rings. The van der Waals surface area contributed by atoms with Crippen LogP contribution in [0.5, 0.6) is 11.5 Å². The third kappa shape index (κ3) is 5.75. The van der Waals surface area contributed by atoms with Crippen molar-refractivity contribution < 1.29 is 24.0 Å². The van der Waals surface area contributed by atoms with Crippen molar-refractivity contribution in [2.24, 2.45) is 0 Å². The van der Waals surface area contributed by atoms with Gasteiger partial charge in [-0.1, -0.05) is 0 Å². The number of nitro groups is 1. The van der Waals surface area contributed by atoms with Crippen molar-refractivity contribution in [1.29, 1.82) is 0 Å². The summed E-state index contributed by atoms with van der Waals surface area (Å²) in [5.41, 5.74) is -0.850. The van der Waals surface area contributed by atoms with Gasteiger partial charge in [0.05, 0.1) is 18.1 Å². The number of rotatable bonds is 5. The Balaban J connectivity index is 2.80. The molecule has 0 spiro atoms. The zero-order chi connectivity index (χ0) is 18.5. The second-order valence-corrected chi connectivity index (χ2v) is 6.04. The summed E-state index contributed by atoms with van der Waals surface area (Å²) >= 11 is 0. The van der Waals surface area contributed by atoms with Gasteiger partial charge in [-0.15, -0.1) is 0 Å². The molecular weight excluding hydrogens is 318 g/mol. The number of methoxy groups -OCH3 is 1. The molecule has 0 heterocycles. The van der Waals surface area contributed by atoms with E-state index in [2.05, 4.69) is 10.6 Å². The van der Waals surface area contributed by atoms with Crippen LogP contribution in [0.1, 0.15) is 27.7 Å². The van der Waals surface area contributed by atoms with Crippen LogP contribution >= 0.6 is 0 Å². The number of nitro benzene ring substituents is 1. The molecule has 1 rings (SSSR count). The highest BCUT2D eigenvalue weighted by atomic mass is 16.6. The predicted octanol–water partition coefficient (Wildman–Crippen LogP) is 1.99. The molecule has 9 nitrogen and oxygen atoms in total. The molecule has 0 saturated heterocycles. The first kappa shape index (κ1) is 19.2. The molecule has 0 radical (unpaired) electrons. The Labute approximate surface area is 139 Å². The first-order valence-corrected chi connectivity index (χ1v) is 7.15. The smallest absolute Gasteiger partial charge is 0.321 e. The minimum atomic E-state index is -1.11. The molecule has 0 aromatic heterocycles. The van der Waals surface area contributed by atoms with E-state index in [4.69, 9.17) is 9.47 Å². The van der Waals surface area contributed by atoms with Crippen LogP contribution in [0.4, 0.5) is 10.5 Å². The molecule has 0 aliphatic carbocycles. The molecule has 24 heavy (non-hydrogen) atoms. The summed E-state index contributed by atoms with van der Waals surface area (Å²) in [4.78, 5) is 34.1. The molecule has 0 unspecified atom stereocenters. The lowest BCUT2D eigenvalue weighted by Crippen LogP contribution is -2.50. The SMILES string of the molecule is COc1ccc(O[C@@H](C)C(=O)NC(=O)NC(C)(C)C)c([N+](=O)[O-])c1. The minimum absolute atomic E-state index is 0.0975. The number of nitrogens with zero attached hydrogens (tertiary/aromatic N) is 1. The standard InChI is InChI=1S/C15H21N3O6/c1-9(13(19)16-14(20)17-15(2,3)4)24-12-7-6-10(23-5)8-11(12)18(21)22/h6-9H,1-5H3,(H2,16,17,19,20)/t9-/m0/s1. The summed E-state index contributed by atoms with van der Waals surface area (Å²) in [6, 6.07) is 3.31. The Morgan fingerprint density at radius 3 is 2.42 bits per heavy atom. The zero-order valence-electron chi connectivity index (χ0n) is 14.2. The fourth-order valence-corrected chi connectivity index (χ4v) is 1.70. The number of nitrogens with one attached hydrogen (secondary N) is 2. The van der Waals surface area contributed by atoms with Crippen LogP contribution < -0.4 is 20.1 Å². The van der Waals surface area contributed by atoms with E-state index in [1.54, 1.807) is 20.8 Å². The van der Waals surface area contributed by atoms with E-state index >= 15 is 0 Å². The van der Waals surface area contributed by atoms with Crippen LogP contribution in [0.15, 0.2) is 18.2 Å². The molecule has 1 atom stereocenters. The summed E-state index contributed by atoms with van der Waals surface area (Å²) < 4.78 is 10.2. The average Bonchev–Trinajstić information content (AvgIpc) is 2.45. The molecule has 132 valence electrons. The zero-order valence-corrected chi connectivity index (χ0v) is 14.2. The molecule has 1 aromatic carbocycles. The quantitative estimate of drug-likeness (QED) is 0.625. The highest BCUT2D eigenvalue weighted by Gasteiger charge is 2.24. The minimum Gasteiger partial charge on any atom is -0.496 e. The van der Waals surface area contributed by atoms with Gasteiger partial charge in [0.25, 0.3) is 5.91 Å². The molecule has 3 amide bonds. The Kier molecular flexibility index (Phi) is 6.10. The van der Waals surface area contributed by atoms with E-state index in [-0.39, 0.29) is 17.2 Å². The van der Waals surface area contributed by atoms with Gasteiger partial charge in [-0.05, 0) is 39.8 Å². The van der Waals surface area contributed by atoms with Crippen LogP contribution in [0.3, 0.4) is 0 Å². The van der Waals surface area contributed by atoms with Crippen molar-refractivity contribution >= 4 is 17.6 Å². The maximum Gasteiger partial charge on any atom is 0.321 e. The topological polar surface area (TPSA) is 120 Å². The molecule has 9 heteroatoms. The van der Waals surface area contributed by atoms with Crippen molar-refractivity contribution in [2.75, 3.05) is 7.11 Å². The summed E-state index contributed by atoms with van der Waals surface area (Å²) in [6.07, 6.45) is -1.11. The number of imide groups is 1. The van der Waals surface area contributed by atoms with Crippen LogP contribution in [0.25, 0.3) is 0 Å². The van der Waals surface area contributed by atoms with Crippen LogP contribution in [0, 0.1) is 10.1 Å². The van der Waals surface area contributed by atoms with Gasteiger partial charge >= 0.3 is 11.7 Å². The third-order valence-corrected chi connectivity index (χ3v) is 2.76. The Morgan fingerprint density at radius 1 is 1.29 bits per heavy atom. The Hall–Kier alpha value is -2.84. The molecule has 0 aliphatic heterocycles. The number of ether oxygens (including phenoxy) is 2. The van der Waals surface area contributed by atoms with Crippen LogP contribution in [-0.2, 0) is 4.79 Å².